The maximum Gasteiger partial charge on any atom is 0.329 e. The lowest BCUT2D eigenvalue weighted by molar-refractivity contribution is -0.146. The van der Waals surface area contributed by atoms with Crippen LogP contribution >= 0.6 is 0 Å². The first-order valence-electron chi connectivity index (χ1n) is 13.3. The Morgan fingerprint density at radius 3 is 1.53 bits per heavy atom. The van der Waals surface area contributed by atoms with Crippen LogP contribution < -0.4 is 0 Å². The zero-order valence-electron chi connectivity index (χ0n) is 21.5. The summed E-state index contributed by atoms with van der Waals surface area (Å²) in [4.78, 5) is 21.1. The molecule has 0 saturated carbocycles. The Morgan fingerprint density at radius 2 is 1.03 bits per heavy atom. The lowest BCUT2D eigenvalue weighted by atomic mass is 10.0. The molecule has 1 atom stereocenters. The summed E-state index contributed by atoms with van der Waals surface area (Å²) in [6.45, 7) is 3.19. The standard InChI is InChI=1S/C26H50O8/c1-2-3-4-5-6-7-8-9-10-11-12-13-14-15-16-24(34-23-26(29)30)21-32-19-17-31-18-20-33-22-25(27)28/h24H,2-23H2,1H3,(H,27,28)(H,29,30). The van der Waals surface area contributed by atoms with Gasteiger partial charge in [-0.3, -0.25) is 0 Å². The molecule has 0 saturated heterocycles. The highest BCUT2D eigenvalue weighted by Crippen LogP contribution is 2.14. The average Bonchev–Trinajstić information content (AvgIpc) is 2.80. The van der Waals surface area contributed by atoms with E-state index in [9.17, 15) is 9.59 Å². The fourth-order valence-electron chi connectivity index (χ4n) is 3.68. The van der Waals surface area contributed by atoms with Crippen LogP contribution in [0.15, 0.2) is 0 Å². The molecule has 0 aromatic heterocycles. The van der Waals surface area contributed by atoms with Crippen LogP contribution in [0.3, 0.4) is 0 Å². The first kappa shape index (κ1) is 32.8. The third-order valence-electron chi connectivity index (χ3n) is 5.60. The molecule has 0 aromatic carbocycles. The maximum absolute atomic E-state index is 10.8. The molecule has 0 fully saturated rings. The second-order valence-corrected chi connectivity index (χ2v) is 8.85. The Morgan fingerprint density at radius 1 is 0.588 bits per heavy atom. The Kier molecular flexibility index (Phi) is 25.4. The third kappa shape index (κ3) is 27.0. The molecule has 202 valence electrons. The highest BCUT2D eigenvalue weighted by atomic mass is 16.6. The number of carboxylic acid groups (broad SMARTS) is 2. The van der Waals surface area contributed by atoms with Crippen LogP contribution in [0.25, 0.3) is 0 Å². The van der Waals surface area contributed by atoms with Crippen molar-refractivity contribution < 1.29 is 38.7 Å². The van der Waals surface area contributed by atoms with Crippen molar-refractivity contribution in [1.29, 1.82) is 0 Å². The molecular weight excluding hydrogens is 440 g/mol. The van der Waals surface area contributed by atoms with Gasteiger partial charge < -0.3 is 29.2 Å². The smallest absolute Gasteiger partial charge is 0.329 e. The fraction of sp³-hybridized carbons (Fsp3) is 0.923. The SMILES string of the molecule is CCCCCCCCCCCCCCCCC(COCCOCCOCC(=O)O)OCC(=O)O. The number of carboxylic acids is 2. The Labute approximate surface area is 206 Å². The van der Waals surface area contributed by atoms with Crippen LogP contribution in [-0.2, 0) is 28.5 Å². The molecule has 0 aromatic rings. The van der Waals surface area contributed by atoms with Crippen molar-refractivity contribution in [2.45, 2.75) is 109 Å². The van der Waals surface area contributed by atoms with E-state index >= 15 is 0 Å². The van der Waals surface area contributed by atoms with E-state index < -0.39 is 11.9 Å². The van der Waals surface area contributed by atoms with E-state index in [4.69, 9.17) is 29.2 Å². The van der Waals surface area contributed by atoms with Gasteiger partial charge in [-0.25, -0.2) is 9.59 Å². The summed E-state index contributed by atoms with van der Waals surface area (Å²) in [5.41, 5.74) is 0. The van der Waals surface area contributed by atoms with Crippen LogP contribution in [-0.4, -0.2) is 74.5 Å². The molecule has 8 nitrogen and oxygen atoms in total. The van der Waals surface area contributed by atoms with E-state index in [0.717, 1.165) is 19.3 Å². The summed E-state index contributed by atoms with van der Waals surface area (Å²) in [6.07, 6.45) is 18.8. The molecule has 0 radical (unpaired) electrons. The zero-order chi connectivity index (χ0) is 25.1. The molecule has 0 spiro atoms. The highest BCUT2D eigenvalue weighted by Gasteiger charge is 2.11. The van der Waals surface area contributed by atoms with E-state index in [-0.39, 0.29) is 25.9 Å². The largest absolute Gasteiger partial charge is 0.480 e. The van der Waals surface area contributed by atoms with E-state index in [0.29, 0.717) is 26.4 Å². The van der Waals surface area contributed by atoms with Gasteiger partial charge >= 0.3 is 11.9 Å². The predicted octanol–water partition coefficient (Wildman–Crippen LogP) is 5.46. The normalized spacial score (nSPS) is 12.1. The van der Waals surface area contributed by atoms with Crippen LogP contribution in [0.1, 0.15) is 103 Å². The van der Waals surface area contributed by atoms with Gasteiger partial charge in [-0.2, -0.15) is 0 Å². The molecule has 1 unspecified atom stereocenters. The van der Waals surface area contributed by atoms with E-state index in [1.807, 2.05) is 0 Å². The first-order valence-corrected chi connectivity index (χ1v) is 13.3. The molecular formula is C26H50O8. The molecule has 0 aliphatic rings. The molecule has 34 heavy (non-hydrogen) atoms. The zero-order valence-corrected chi connectivity index (χ0v) is 21.5. The van der Waals surface area contributed by atoms with Gasteiger partial charge in [0, 0.05) is 0 Å². The number of unbranched alkanes of at least 4 members (excludes halogenated alkanes) is 13. The molecule has 2 N–H and O–H groups in total. The molecule has 0 aliphatic carbocycles. The third-order valence-corrected chi connectivity index (χ3v) is 5.60. The van der Waals surface area contributed by atoms with Crippen molar-refractivity contribution in [1.82, 2.24) is 0 Å². The van der Waals surface area contributed by atoms with E-state index in [1.54, 1.807) is 0 Å². The number of hydrogen-bond acceptors (Lipinski definition) is 6. The molecule has 8 heteroatoms. The predicted molar refractivity (Wildman–Crippen MR) is 132 cm³/mol. The van der Waals surface area contributed by atoms with E-state index in [2.05, 4.69) is 6.92 Å². The number of ether oxygens (including phenoxy) is 4. The minimum absolute atomic E-state index is 0.218. The van der Waals surface area contributed by atoms with Crippen LogP contribution in [0.5, 0.6) is 0 Å². The summed E-state index contributed by atoms with van der Waals surface area (Å²) in [7, 11) is 0. The van der Waals surface area contributed by atoms with Gasteiger partial charge in [0.2, 0.25) is 0 Å². The molecule has 0 rings (SSSR count). The Bertz CT molecular complexity index is 458. The van der Waals surface area contributed by atoms with Gasteiger partial charge in [-0.05, 0) is 6.42 Å². The van der Waals surface area contributed by atoms with Crippen molar-refractivity contribution in [2.24, 2.45) is 0 Å². The summed E-state index contributed by atoms with van der Waals surface area (Å²) in [6, 6.07) is 0. The second-order valence-electron chi connectivity index (χ2n) is 8.85. The number of aliphatic carboxylic acids is 2. The van der Waals surface area contributed by atoms with Crippen molar-refractivity contribution in [3.8, 4) is 0 Å². The second kappa shape index (κ2) is 26.4. The minimum atomic E-state index is -1.01. The minimum Gasteiger partial charge on any atom is -0.480 e. The van der Waals surface area contributed by atoms with Crippen molar-refractivity contribution in [3.05, 3.63) is 0 Å². The first-order chi connectivity index (χ1) is 16.6. The lowest BCUT2D eigenvalue weighted by Crippen LogP contribution is -2.24. The van der Waals surface area contributed by atoms with Crippen LogP contribution in [0.4, 0.5) is 0 Å². The van der Waals surface area contributed by atoms with Gasteiger partial charge in [0.05, 0.1) is 39.1 Å². The highest BCUT2D eigenvalue weighted by molar-refractivity contribution is 5.68. The van der Waals surface area contributed by atoms with Gasteiger partial charge in [-0.15, -0.1) is 0 Å². The summed E-state index contributed by atoms with van der Waals surface area (Å²) in [5, 5.41) is 17.3. The average molecular weight is 491 g/mol. The summed E-state index contributed by atoms with van der Waals surface area (Å²) < 4.78 is 21.2. The van der Waals surface area contributed by atoms with Crippen LogP contribution in [0, 0.1) is 0 Å². The number of carbonyl (C=O) groups is 2. The summed E-state index contributed by atoms with van der Waals surface area (Å²) in [5.74, 6) is -1.98. The van der Waals surface area contributed by atoms with Crippen molar-refractivity contribution in [2.75, 3.05) is 46.2 Å². The number of hydrogen-bond donors (Lipinski definition) is 2. The molecule has 0 amide bonds. The fourth-order valence-corrected chi connectivity index (χ4v) is 3.68. The number of rotatable bonds is 28. The van der Waals surface area contributed by atoms with E-state index in [1.165, 1.54) is 77.0 Å². The maximum atomic E-state index is 10.8. The van der Waals surface area contributed by atoms with Gasteiger partial charge in [0.1, 0.15) is 13.2 Å². The Hall–Kier alpha value is -1.22. The lowest BCUT2D eigenvalue weighted by Gasteiger charge is -2.17. The van der Waals surface area contributed by atoms with Crippen molar-refractivity contribution >= 4 is 11.9 Å². The molecule has 0 heterocycles. The van der Waals surface area contributed by atoms with Gasteiger partial charge in [-0.1, -0.05) is 96.8 Å². The van der Waals surface area contributed by atoms with Crippen LogP contribution in [0.2, 0.25) is 0 Å². The quantitative estimate of drug-likeness (QED) is 0.139. The molecule has 0 aliphatic heterocycles. The molecule has 0 bridgehead atoms. The Balaban J connectivity index is 3.61. The summed E-state index contributed by atoms with van der Waals surface area (Å²) >= 11 is 0. The topological polar surface area (TPSA) is 112 Å². The van der Waals surface area contributed by atoms with Crippen molar-refractivity contribution in [3.63, 3.8) is 0 Å². The van der Waals surface area contributed by atoms with Gasteiger partial charge in [0.15, 0.2) is 0 Å². The van der Waals surface area contributed by atoms with Gasteiger partial charge in [0.25, 0.3) is 0 Å². The monoisotopic (exact) mass is 490 g/mol.